The average molecular weight is 417 g/mol. The van der Waals surface area contributed by atoms with Crippen LogP contribution in [-0.4, -0.2) is 41.0 Å². The molecule has 1 saturated heterocycles. The second-order valence-corrected chi connectivity index (χ2v) is 9.66. The van der Waals surface area contributed by atoms with Crippen molar-refractivity contribution in [2.75, 3.05) is 11.9 Å². The first kappa shape index (κ1) is 18.9. The van der Waals surface area contributed by atoms with Gasteiger partial charge in [0.25, 0.3) is 10.0 Å². The van der Waals surface area contributed by atoms with Gasteiger partial charge in [0.2, 0.25) is 5.91 Å². The first-order valence-corrected chi connectivity index (χ1v) is 11.3. The number of rotatable bonds is 6. The zero-order valence-corrected chi connectivity index (χ0v) is 16.7. The van der Waals surface area contributed by atoms with Crippen LogP contribution in [0.5, 0.6) is 0 Å². The normalized spacial score (nSPS) is 17.6. The van der Waals surface area contributed by atoms with E-state index in [1.807, 2.05) is 30.5 Å². The Bertz CT molecular complexity index is 1050. The third kappa shape index (κ3) is 3.87. The van der Waals surface area contributed by atoms with Gasteiger partial charge in [-0.2, -0.15) is 9.40 Å². The number of carbonyl (C=O) groups excluding carboxylic acids is 1. The molecule has 1 N–H and O–H groups in total. The van der Waals surface area contributed by atoms with Crippen molar-refractivity contribution < 1.29 is 13.2 Å². The van der Waals surface area contributed by atoms with Crippen molar-refractivity contribution in [2.24, 2.45) is 0 Å². The van der Waals surface area contributed by atoms with E-state index in [1.54, 1.807) is 34.5 Å². The lowest BCUT2D eigenvalue weighted by Gasteiger charge is -2.22. The molecule has 0 radical (unpaired) electrons. The van der Waals surface area contributed by atoms with Crippen LogP contribution in [0.15, 0.2) is 64.4 Å². The van der Waals surface area contributed by atoms with Crippen molar-refractivity contribution in [3.63, 3.8) is 0 Å². The van der Waals surface area contributed by atoms with Gasteiger partial charge in [0, 0.05) is 24.6 Å². The molecule has 0 aliphatic carbocycles. The van der Waals surface area contributed by atoms with Crippen molar-refractivity contribution in [1.29, 1.82) is 0 Å². The number of sulfonamides is 1. The maximum atomic E-state index is 12.8. The Morgan fingerprint density at radius 3 is 2.89 bits per heavy atom. The second-order valence-electron chi connectivity index (χ2n) is 6.60. The van der Waals surface area contributed by atoms with Gasteiger partial charge in [-0.1, -0.05) is 18.2 Å². The van der Waals surface area contributed by atoms with Crippen LogP contribution in [0, 0.1) is 0 Å². The Labute approximate surface area is 167 Å². The number of nitrogens with zero attached hydrogens (tertiary/aromatic N) is 3. The summed E-state index contributed by atoms with van der Waals surface area (Å²) in [4.78, 5) is 12.8. The van der Waals surface area contributed by atoms with Crippen LogP contribution in [-0.2, 0) is 21.4 Å². The lowest BCUT2D eigenvalue weighted by molar-refractivity contribution is -0.119. The number of hydrogen-bond donors (Lipinski definition) is 1. The fraction of sp³-hybridized carbons (Fsp3) is 0.263. The van der Waals surface area contributed by atoms with Crippen molar-refractivity contribution in [3.05, 3.63) is 65.8 Å². The molecule has 0 spiro atoms. The summed E-state index contributed by atoms with van der Waals surface area (Å²) in [5, 5.41) is 8.79. The van der Waals surface area contributed by atoms with Gasteiger partial charge in [-0.25, -0.2) is 8.42 Å². The van der Waals surface area contributed by atoms with E-state index in [0.29, 0.717) is 31.6 Å². The van der Waals surface area contributed by atoms with Gasteiger partial charge in [0.1, 0.15) is 10.3 Å². The van der Waals surface area contributed by atoms with Gasteiger partial charge in [-0.05, 0) is 48.1 Å². The van der Waals surface area contributed by atoms with E-state index in [1.165, 1.54) is 15.6 Å². The van der Waals surface area contributed by atoms with Crippen LogP contribution in [0.1, 0.15) is 18.4 Å². The molecule has 146 valence electrons. The lowest BCUT2D eigenvalue weighted by Crippen LogP contribution is -2.42. The molecule has 2 aromatic heterocycles. The Hall–Kier alpha value is -2.49. The number of benzene rings is 1. The predicted octanol–water partition coefficient (Wildman–Crippen LogP) is 2.78. The van der Waals surface area contributed by atoms with Crippen molar-refractivity contribution >= 4 is 33.0 Å². The summed E-state index contributed by atoms with van der Waals surface area (Å²) in [5.74, 6) is -0.297. The molecule has 28 heavy (non-hydrogen) atoms. The first-order chi connectivity index (χ1) is 13.5. The largest absolute Gasteiger partial charge is 0.325 e. The minimum Gasteiger partial charge on any atom is -0.325 e. The highest BCUT2D eigenvalue weighted by atomic mass is 32.2. The van der Waals surface area contributed by atoms with Crippen LogP contribution in [0.4, 0.5) is 5.69 Å². The Morgan fingerprint density at radius 2 is 2.14 bits per heavy atom. The quantitative estimate of drug-likeness (QED) is 0.670. The Balaban J connectivity index is 1.49. The topological polar surface area (TPSA) is 84.3 Å². The van der Waals surface area contributed by atoms with Gasteiger partial charge in [0.05, 0.1) is 6.54 Å². The summed E-state index contributed by atoms with van der Waals surface area (Å²) in [6.45, 7) is 0.955. The standard InChI is InChI=1S/C19H20N4O3S2/c24-19(17-7-2-11-23(17)28(25,26)18-8-3-12-27-18)21-16-6-1-5-15(13-16)14-22-10-4-9-20-22/h1,3-6,8-10,12-13,17H,2,7,11,14H2,(H,21,24). The maximum absolute atomic E-state index is 12.8. The zero-order valence-electron chi connectivity index (χ0n) is 15.1. The van der Waals surface area contributed by atoms with Gasteiger partial charge in [-0.3, -0.25) is 9.48 Å². The molecule has 4 rings (SSSR count). The summed E-state index contributed by atoms with van der Waals surface area (Å²) in [6, 6.07) is 11.9. The number of thiophene rings is 1. The highest BCUT2D eigenvalue weighted by Crippen LogP contribution is 2.29. The van der Waals surface area contributed by atoms with E-state index < -0.39 is 16.1 Å². The minimum atomic E-state index is -3.64. The van der Waals surface area contributed by atoms with E-state index in [0.717, 1.165) is 5.56 Å². The molecule has 3 aromatic rings. The summed E-state index contributed by atoms with van der Waals surface area (Å²) in [7, 11) is -3.64. The Morgan fingerprint density at radius 1 is 1.25 bits per heavy atom. The third-order valence-electron chi connectivity index (χ3n) is 4.66. The molecule has 1 aliphatic heterocycles. The van der Waals surface area contributed by atoms with Crippen LogP contribution in [0.25, 0.3) is 0 Å². The number of aromatic nitrogens is 2. The van der Waals surface area contributed by atoms with E-state index in [9.17, 15) is 13.2 Å². The van der Waals surface area contributed by atoms with Gasteiger partial charge >= 0.3 is 0 Å². The number of hydrogen-bond acceptors (Lipinski definition) is 5. The van der Waals surface area contributed by atoms with Crippen LogP contribution in [0.2, 0.25) is 0 Å². The zero-order chi connectivity index (χ0) is 19.6. The molecule has 0 saturated carbocycles. The molecule has 1 aliphatic rings. The molecular weight excluding hydrogens is 396 g/mol. The van der Waals surface area contributed by atoms with E-state index in [2.05, 4.69) is 10.4 Å². The van der Waals surface area contributed by atoms with E-state index >= 15 is 0 Å². The first-order valence-electron chi connectivity index (χ1n) is 8.96. The van der Waals surface area contributed by atoms with Crippen LogP contribution in [0.3, 0.4) is 0 Å². The van der Waals surface area contributed by atoms with Crippen molar-refractivity contribution in [1.82, 2.24) is 14.1 Å². The van der Waals surface area contributed by atoms with E-state index in [-0.39, 0.29) is 10.1 Å². The van der Waals surface area contributed by atoms with Gasteiger partial charge in [0.15, 0.2) is 0 Å². The minimum absolute atomic E-state index is 0.272. The van der Waals surface area contributed by atoms with Gasteiger partial charge < -0.3 is 5.32 Å². The summed E-state index contributed by atoms with van der Waals surface area (Å²) >= 11 is 1.17. The average Bonchev–Trinajstić information content (AvgIpc) is 3.43. The second kappa shape index (κ2) is 7.86. The molecule has 0 bridgehead atoms. The van der Waals surface area contributed by atoms with Crippen molar-refractivity contribution in [2.45, 2.75) is 29.6 Å². The molecule has 1 amide bonds. The molecule has 7 nitrogen and oxygen atoms in total. The van der Waals surface area contributed by atoms with Crippen LogP contribution < -0.4 is 5.32 Å². The number of amides is 1. The molecular formula is C19H20N4O3S2. The summed E-state index contributed by atoms with van der Waals surface area (Å²) in [6.07, 6.45) is 4.77. The van der Waals surface area contributed by atoms with E-state index in [4.69, 9.17) is 0 Å². The van der Waals surface area contributed by atoms with Crippen LogP contribution >= 0.6 is 11.3 Å². The SMILES string of the molecule is O=C(Nc1cccc(Cn2cccn2)c1)C1CCCN1S(=O)(=O)c1cccs1. The molecule has 3 heterocycles. The monoisotopic (exact) mass is 416 g/mol. The third-order valence-corrected chi connectivity index (χ3v) is 7.94. The fourth-order valence-electron chi connectivity index (χ4n) is 3.37. The lowest BCUT2D eigenvalue weighted by atomic mass is 10.1. The number of nitrogens with one attached hydrogen (secondary N) is 1. The van der Waals surface area contributed by atoms with Crippen molar-refractivity contribution in [3.8, 4) is 0 Å². The predicted molar refractivity (Wildman–Crippen MR) is 108 cm³/mol. The smallest absolute Gasteiger partial charge is 0.253 e. The maximum Gasteiger partial charge on any atom is 0.253 e. The number of carbonyl (C=O) groups is 1. The Kier molecular flexibility index (Phi) is 5.29. The van der Waals surface area contributed by atoms with Gasteiger partial charge in [-0.15, -0.1) is 11.3 Å². The fourth-order valence-corrected chi connectivity index (χ4v) is 6.15. The highest BCUT2D eigenvalue weighted by molar-refractivity contribution is 7.91. The molecule has 1 aromatic carbocycles. The summed E-state index contributed by atoms with van der Waals surface area (Å²) < 4.78 is 29.1. The molecule has 1 fully saturated rings. The molecule has 1 atom stereocenters. The summed E-state index contributed by atoms with van der Waals surface area (Å²) in [5.41, 5.74) is 1.64. The molecule has 9 heteroatoms. The molecule has 1 unspecified atom stereocenters. The highest BCUT2D eigenvalue weighted by Gasteiger charge is 2.39. The number of anilines is 1.